The number of carboxylic acids is 1. The van der Waals surface area contributed by atoms with E-state index in [0.29, 0.717) is 22.7 Å². The zero-order chi connectivity index (χ0) is 23.3. The molecule has 2 saturated heterocycles. The Labute approximate surface area is 194 Å². The Morgan fingerprint density at radius 2 is 1.82 bits per heavy atom. The molecule has 33 heavy (non-hydrogen) atoms. The van der Waals surface area contributed by atoms with Crippen LogP contribution in [0.25, 0.3) is 0 Å². The molecule has 0 aromatic heterocycles. The number of carbonyl (C=O) groups excluding carboxylic acids is 3. The zero-order valence-electron chi connectivity index (χ0n) is 17.6. The number of halogens is 1. The van der Waals surface area contributed by atoms with Crippen molar-refractivity contribution in [2.45, 2.75) is 30.8 Å². The number of aliphatic carboxylic acids is 1. The van der Waals surface area contributed by atoms with Crippen LogP contribution in [0.2, 0.25) is 5.02 Å². The van der Waals surface area contributed by atoms with Gasteiger partial charge in [0, 0.05) is 24.6 Å². The van der Waals surface area contributed by atoms with Crippen LogP contribution < -0.4 is 10.6 Å². The molecule has 2 fully saturated rings. The average Bonchev–Trinajstić information content (AvgIpc) is 3.38. The third-order valence-corrected chi connectivity index (χ3v) is 7.24. The van der Waals surface area contributed by atoms with Gasteiger partial charge in [-0.2, -0.15) is 0 Å². The first-order chi connectivity index (χ1) is 15.8. The molecule has 9 heteroatoms. The van der Waals surface area contributed by atoms with E-state index in [4.69, 9.17) is 11.6 Å². The number of fused-ring (bicyclic) bond motifs is 4. The maximum absolute atomic E-state index is 13.6. The van der Waals surface area contributed by atoms with E-state index in [9.17, 15) is 24.3 Å². The largest absolute Gasteiger partial charge is 0.481 e. The number of nitrogens with one attached hydrogen (secondary N) is 2. The van der Waals surface area contributed by atoms with Crippen LogP contribution in [-0.4, -0.2) is 46.3 Å². The van der Waals surface area contributed by atoms with E-state index in [1.807, 2.05) is 30.3 Å². The molecule has 5 rings (SSSR count). The molecule has 4 atom stereocenters. The van der Waals surface area contributed by atoms with Crippen molar-refractivity contribution in [3.8, 4) is 0 Å². The Bertz CT molecular complexity index is 1170. The summed E-state index contributed by atoms with van der Waals surface area (Å²) < 4.78 is 0. The molecule has 1 spiro atoms. The van der Waals surface area contributed by atoms with Gasteiger partial charge in [-0.05, 0) is 24.5 Å². The topological polar surface area (TPSA) is 116 Å². The fourth-order valence-electron chi connectivity index (χ4n) is 5.49. The van der Waals surface area contributed by atoms with Crippen molar-refractivity contribution in [2.75, 3.05) is 11.9 Å². The van der Waals surface area contributed by atoms with Crippen LogP contribution in [0.1, 0.15) is 24.0 Å². The van der Waals surface area contributed by atoms with E-state index in [2.05, 4.69) is 10.6 Å². The highest BCUT2D eigenvalue weighted by Crippen LogP contribution is 2.54. The molecule has 0 unspecified atom stereocenters. The Balaban J connectivity index is 1.53. The number of carbonyl (C=O) groups is 4. The monoisotopic (exact) mass is 467 g/mol. The number of hydrogen-bond acceptors (Lipinski definition) is 5. The van der Waals surface area contributed by atoms with Gasteiger partial charge in [0.1, 0.15) is 5.54 Å². The molecule has 3 aliphatic heterocycles. The minimum absolute atomic E-state index is 0.118. The summed E-state index contributed by atoms with van der Waals surface area (Å²) >= 11 is 6.31. The normalized spacial score (nSPS) is 27.7. The van der Waals surface area contributed by atoms with E-state index in [1.54, 1.807) is 18.2 Å². The standard InChI is InChI=1S/C24H22ClN3O5/c25-15-8-4-7-14-20(15)26-23(33)24(14)19-18(16(27-24)9-10-17(29)30)21(31)28(22(19)32)12-11-13-5-2-1-3-6-13/h1-8,16,18-19,27H,9-12H2,(H,26,33)(H,29,30)/t16-,18-,19-,24-/m0/s1. The highest BCUT2D eigenvalue weighted by Gasteiger charge is 2.70. The molecule has 2 aromatic rings. The van der Waals surface area contributed by atoms with Gasteiger partial charge in [-0.15, -0.1) is 0 Å². The molecule has 2 aromatic carbocycles. The lowest BCUT2D eigenvalue weighted by Gasteiger charge is -2.29. The van der Waals surface area contributed by atoms with Crippen LogP contribution in [0.3, 0.4) is 0 Å². The SMILES string of the molecule is O=C(O)CC[C@@H]1N[C@]2(C(=O)Nc3c(Cl)cccc32)[C@@H]2C(=O)N(CCc3ccccc3)C(=O)[C@@H]12. The van der Waals surface area contributed by atoms with Crippen molar-refractivity contribution in [2.24, 2.45) is 11.8 Å². The van der Waals surface area contributed by atoms with Crippen LogP contribution >= 0.6 is 11.6 Å². The van der Waals surface area contributed by atoms with Gasteiger partial charge in [0.25, 0.3) is 0 Å². The van der Waals surface area contributed by atoms with Gasteiger partial charge in [-0.1, -0.05) is 54.1 Å². The Hall–Kier alpha value is -3.23. The van der Waals surface area contributed by atoms with Gasteiger partial charge >= 0.3 is 5.97 Å². The first kappa shape index (κ1) is 21.6. The fourth-order valence-corrected chi connectivity index (χ4v) is 5.71. The summed E-state index contributed by atoms with van der Waals surface area (Å²) in [6, 6.07) is 13.9. The Morgan fingerprint density at radius 1 is 1.06 bits per heavy atom. The lowest BCUT2D eigenvalue weighted by atomic mass is 9.76. The Morgan fingerprint density at radius 3 is 2.55 bits per heavy atom. The van der Waals surface area contributed by atoms with Gasteiger partial charge in [-0.3, -0.25) is 29.4 Å². The minimum Gasteiger partial charge on any atom is -0.481 e. The second kappa shape index (κ2) is 7.97. The second-order valence-corrected chi connectivity index (χ2v) is 9.08. The van der Waals surface area contributed by atoms with Gasteiger partial charge in [0.15, 0.2) is 0 Å². The quantitative estimate of drug-likeness (QED) is 0.561. The molecular weight excluding hydrogens is 446 g/mol. The second-order valence-electron chi connectivity index (χ2n) is 8.67. The number of carboxylic acid groups (broad SMARTS) is 1. The van der Waals surface area contributed by atoms with Crippen molar-refractivity contribution in [3.63, 3.8) is 0 Å². The summed E-state index contributed by atoms with van der Waals surface area (Å²) in [6.45, 7) is 0.195. The smallest absolute Gasteiger partial charge is 0.303 e. The number of nitrogens with zero attached hydrogens (tertiary/aromatic N) is 1. The number of rotatable bonds is 6. The summed E-state index contributed by atoms with van der Waals surface area (Å²) in [7, 11) is 0. The summed E-state index contributed by atoms with van der Waals surface area (Å²) in [5.74, 6) is -4.06. The van der Waals surface area contributed by atoms with Crippen molar-refractivity contribution < 1.29 is 24.3 Å². The van der Waals surface area contributed by atoms with Gasteiger partial charge in [-0.25, -0.2) is 0 Å². The zero-order valence-corrected chi connectivity index (χ0v) is 18.3. The maximum atomic E-state index is 13.6. The highest BCUT2D eigenvalue weighted by molar-refractivity contribution is 6.35. The lowest BCUT2D eigenvalue weighted by Crippen LogP contribution is -2.53. The number of para-hydroxylation sites is 1. The van der Waals surface area contributed by atoms with Crippen LogP contribution in [0.4, 0.5) is 5.69 Å². The first-order valence-corrected chi connectivity index (χ1v) is 11.2. The highest BCUT2D eigenvalue weighted by atomic mass is 35.5. The molecule has 0 saturated carbocycles. The number of benzene rings is 2. The van der Waals surface area contributed by atoms with Crippen molar-refractivity contribution in [3.05, 3.63) is 64.7 Å². The number of hydrogen-bond donors (Lipinski definition) is 3. The minimum atomic E-state index is -1.47. The van der Waals surface area contributed by atoms with Gasteiger partial charge < -0.3 is 10.4 Å². The van der Waals surface area contributed by atoms with E-state index in [0.717, 1.165) is 5.56 Å². The van der Waals surface area contributed by atoms with Gasteiger partial charge in [0.05, 0.1) is 22.5 Å². The molecule has 3 heterocycles. The summed E-state index contributed by atoms with van der Waals surface area (Å²) in [5.41, 5.74) is 0.444. The molecule has 0 aliphatic carbocycles. The number of imide groups is 1. The van der Waals surface area contributed by atoms with E-state index in [1.165, 1.54) is 4.90 Å². The van der Waals surface area contributed by atoms with Crippen LogP contribution in [0.5, 0.6) is 0 Å². The summed E-state index contributed by atoms with van der Waals surface area (Å²) in [4.78, 5) is 52.9. The molecule has 8 nitrogen and oxygen atoms in total. The van der Waals surface area contributed by atoms with Crippen LogP contribution in [0.15, 0.2) is 48.5 Å². The van der Waals surface area contributed by atoms with Crippen molar-refractivity contribution >= 4 is 41.0 Å². The Kier molecular flexibility index (Phi) is 5.22. The van der Waals surface area contributed by atoms with Crippen LogP contribution in [-0.2, 0) is 31.1 Å². The summed E-state index contributed by atoms with van der Waals surface area (Å²) in [6.07, 6.45) is 0.423. The molecule has 3 N–H and O–H groups in total. The first-order valence-electron chi connectivity index (χ1n) is 10.8. The average molecular weight is 468 g/mol. The van der Waals surface area contributed by atoms with E-state index < -0.39 is 41.2 Å². The predicted octanol–water partition coefficient (Wildman–Crippen LogP) is 2.17. The molecule has 0 bridgehead atoms. The third kappa shape index (κ3) is 3.24. The lowest BCUT2D eigenvalue weighted by molar-refractivity contribution is -0.143. The third-order valence-electron chi connectivity index (χ3n) is 6.93. The predicted molar refractivity (Wildman–Crippen MR) is 119 cm³/mol. The summed E-state index contributed by atoms with van der Waals surface area (Å²) in [5, 5.41) is 15.5. The van der Waals surface area contributed by atoms with E-state index in [-0.39, 0.29) is 25.3 Å². The van der Waals surface area contributed by atoms with Crippen LogP contribution in [0, 0.1) is 11.8 Å². The molecule has 0 radical (unpaired) electrons. The fraction of sp³-hybridized carbons (Fsp3) is 0.333. The number of anilines is 1. The molecule has 170 valence electrons. The van der Waals surface area contributed by atoms with Gasteiger partial charge in [0.2, 0.25) is 17.7 Å². The molecular formula is C24H22ClN3O5. The molecule has 3 aliphatic rings. The van der Waals surface area contributed by atoms with Crippen molar-refractivity contribution in [1.29, 1.82) is 0 Å². The molecule has 3 amide bonds. The van der Waals surface area contributed by atoms with Crippen molar-refractivity contribution in [1.82, 2.24) is 10.2 Å². The maximum Gasteiger partial charge on any atom is 0.303 e. The number of likely N-dealkylation sites (tertiary alicyclic amines) is 1. The van der Waals surface area contributed by atoms with E-state index >= 15 is 0 Å². The number of amides is 3.